The Morgan fingerprint density at radius 3 is 2.31 bits per heavy atom. The molecule has 7 rings (SSSR count). The van der Waals surface area contributed by atoms with Crippen LogP contribution in [0.3, 0.4) is 0 Å². The minimum Gasteiger partial charge on any atom is -0.490 e. The Bertz CT molecular complexity index is 1930. The summed E-state index contributed by atoms with van der Waals surface area (Å²) in [6.07, 6.45) is 7.87. The van der Waals surface area contributed by atoms with Crippen LogP contribution >= 0.6 is 0 Å². The van der Waals surface area contributed by atoms with Gasteiger partial charge in [0.1, 0.15) is 29.0 Å². The Morgan fingerprint density at radius 1 is 0.926 bits per heavy atom. The quantitative estimate of drug-likeness (QED) is 0.158. The second-order valence-corrected chi connectivity index (χ2v) is 14.7. The number of imidazole rings is 1. The average Bonchev–Trinajstić information content (AvgIpc) is 3.56. The third-order valence-electron chi connectivity index (χ3n) is 10.2. The van der Waals surface area contributed by atoms with E-state index in [0.29, 0.717) is 36.1 Å². The largest absolute Gasteiger partial charge is 0.490 e. The molecular formula is C40H48F3N7O4. The number of rotatable bonds is 8. The molecule has 3 fully saturated rings. The highest BCUT2D eigenvalue weighted by atomic mass is 19.4. The number of hydrogen-bond donors (Lipinski definition) is 3. The zero-order valence-electron chi connectivity index (χ0n) is 30.9. The third-order valence-corrected chi connectivity index (χ3v) is 10.2. The van der Waals surface area contributed by atoms with Gasteiger partial charge in [0, 0.05) is 36.5 Å². The van der Waals surface area contributed by atoms with Crippen molar-refractivity contribution in [2.75, 3.05) is 30.8 Å². The molecule has 288 valence electrons. The van der Waals surface area contributed by atoms with Gasteiger partial charge in [0.05, 0.1) is 17.4 Å². The van der Waals surface area contributed by atoms with Crippen LogP contribution in [-0.2, 0) is 15.8 Å². The van der Waals surface area contributed by atoms with Crippen molar-refractivity contribution in [2.24, 2.45) is 0 Å². The highest BCUT2D eigenvalue weighted by Gasteiger charge is 2.33. The van der Waals surface area contributed by atoms with Gasteiger partial charge >= 0.3 is 6.18 Å². The summed E-state index contributed by atoms with van der Waals surface area (Å²) in [6, 6.07) is 13.1. The predicted molar refractivity (Wildman–Crippen MR) is 200 cm³/mol. The van der Waals surface area contributed by atoms with Crippen LogP contribution in [-0.4, -0.2) is 69.3 Å². The number of benzene rings is 1. The Labute approximate surface area is 313 Å². The lowest BCUT2D eigenvalue weighted by Gasteiger charge is -2.29. The molecule has 1 saturated carbocycles. The monoisotopic (exact) mass is 747 g/mol. The number of imide groups is 1. The van der Waals surface area contributed by atoms with Crippen molar-refractivity contribution in [3.63, 3.8) is 0 Å². The first-order valence-corrected chi connectivity index (χ1v) is 18.8. The molecular weight excluding hydrogens is 699 g/mol. The second kappa shape index (κ2) is 17.0. The molecule has 1 atom stereocenters. The van der Waals surface area contributed by atoms with Gasteiger partial charge in [0.25, 0.3) is 5.91 Å². The third kappa shape index (κ3) is 9.95. The number of carbonyl (C=O) groups excluding carboxylic acids is 3. The van der Waals surface area contributed by atoms with E-state index in [1.54, 1.807) is 16.7 Å². The number of fused-ring (bicyclic) bond motifs is 1. The van der Waals surface area contributed by atoms with Crippen molar-refractivity contribution in [3.05, 3.63) is 83.4 Å². The lowest BCUT2D eigenvalue weighted by Crippen LogP contribution is -2.47. The highest BCUT2D eigenvalue weighted by Crippen LogP contribution is 2.34. The topological polar surface area (TPSA) is 130 Å². The van der Waals surface area contributed by atoms with Crippen molar-refractivity contribution in [2.45, 2.75) is 102 Å². The number of ether oxygens (including phenoxy) is 1. The SMILES string of the molecule is CC(C)Oc1cc2nc(C3CCCCC3)cn2cc1C(=O)Nc1cccc(C(F)(F)F)n1.CN1CCC(c2ccc(NC3CCC(=O)NC3=O)cc2)CC1. The lowest BCUT2D eigenvalue weighted by atomic mass is 9.87. The number of nitrogens with one attached hydrogen (secondary N) is 3. The molecule has 14 heteroatoms. The standard InChI is InChI=1S/C23H25F3N4O2.C17H23N3O2/c1-14(2)32-18-11-21-27-17(15-7-4-3-5-8-15)13-30(21)12-16(18)22(31)29-20-10-6-9-19(28-20)23(24,25)26;1-20-10-8-13(9-11-20)12-2-4-14(5-3-12)18-15-6-7-16(21)19-17(15)22/h6,9-15H,3-5,7-8H2,1-2H3,(H,28,29,31);2-5,13,15,18H,6-11H2,1H3,(H,19,21,22). The minimum atomic E-state index is -4.60. The number of halogens is 3. The number of carbonyl (C=O) groups is 3. The van der Waals surface area contributed by atoms with Crippen LogP contribution in [0.5, 0.6) is 5.75 Å². The van der Waals surface area contributed by atoms with Gasteiger partial charge in [-0.1, -0.05) is 37.5 Å². The van der Waals surface area contributed by atoms with Gasteiger partial charge in [-0.2, -0.15) is 13.2 Å². The molecule has 0 radical (unpaired) electrons. The van der Waals surface area contributed by atoms with Crippen LogP contribution in [0.15, 0.2) is 60.9 Å². The molecule has 1 unspecified atom stereocenters. The summed E-state index contributed by atoms with van der Waals surface area (Å²) in [6.45, 7) is 5.97. The van der Waals surface area contributed by atoms with Crippen LogP contribution < -0.4 is 20.7 Å². The molecule has 3 aliphatic rings. The van der Waals surface area contributed by atoms with Crippen molar-refractivity contribution >= 4 is 34.9 Å². The fourth-order valence-corrected chi connectivity index (χ4v) is 7.22. The zero-order chi connectivity index (χ0) is 38.4. The van der Waals surface area contributed by atoms with Gasteiger partial charge < -0.3 is 24.7 Å². The number of alkyl halides is 3. The summed E-state index contributed by atoms with van der Waals surface area (Å²) in [4.78, 5) is 46.5. The van der Waals surface area contributed by atoms with Crippen molar-refractivity contribution in [3.8, 4) is 5.75 Å². The van der Waals surface area contributed by atoms with Gasteiger partial charge in [-0.05, 0) is 102 Å². The molecule has 4 aromatic rings. The molecule has 0 bridgehead atoms. The maximum atomic E-state index is 13.0. The molecule has 2 saturated heterocycles. The summed E-state index contributed by atoms with van der Waals surface area (Å²) >= 11 is 0. The average molecular weight is 748 g/mol. The molecule has 54 heavy (non-hydrogen) atoms. The normalized spacial score (nSPS) is 18.9. The van der Waals surface area contributed by atoms with E-state index in [9.17, 15) is 27.6 Å². The summed E-state index contributed by atoms with van der Waals surface area (Å²) < 4.78 is 46.5. The molecule has 1 aliphatic carbocycles. The van der Waals surface area contributed by atoms with E-state index in [4.69, 9.17) is 9.72 Å². The number of hydrogen-bond acceptors (Lipinski definition) is 8. The zero-order valence-corrected chi connectivity index (χ0v) is 30.9. The van der Waals surface area contributed by atoms with Gasteiger partial charge in [-0.25, -0.2) is 9.97 Å². The van der Waals surface area contributed by atoms with Crippen LogP contribution in [0.25, 0.3) is 5.65 Å². The minimum absolute atomic E-state index is 0.180. The molecule has 11 nitrogen and oxygen atoms in total. The molecule has 3 aromatic heterocycles. The summed E-state index contributed by atoms with van der Waals surface area (Å²) in [5.41, 5.74) is 3.08. The van der Waals surface area contributed by atoms with E-state index in [1.165, 1.54) is 49.8 Å². The van der Waals surface area contributed by atoms with Crippen LogP contribution in [0.4, 0.5) is 24.7 Å². The molecule has 2 aliphatic heterocycles. The van der Waals surface area contributed by atoms with E-state index in [1.807, 2.05) is 32.2 Å². The van der Waals surface area contributed by atoms with E-state index >= 15 is 0 Å². The number of likely N-dealkylation sites (tertiary alicyclic amines) is 1. The Balaban J connectivity index is 0.000000197. The fraction of sp³-hybridized carbons (Fsp3) is 0.475. The molecule has 0 spiro atoms. The number of piperidine rings is 2. The Kier molecular flexibility index (Phi) is 12.2. The van der Waals surface area contributed by atoms with Gasteiger partial charge in [-0.3, -0.25) is 19.7 Å². The first-order chi connectivity index (χ1) is 25.8. The maximum absolute atomic E-state index is 13.0. The number of amides is 3. The second-order valence-electron chi connectivity index (χ2n) is 14.7. The summed E-state index contributed by atoms with van der Waals surface area (Å²) in [5, 5.41) is 8.04. The van der Waals surface area contributed by atoms with Gasteiger partial charge in [-0.15, -0.1) is 0 Å². The van der Waals surface area contributed by atoms with Crippen LogP contribution in [0.2, 0.25) is 0 Å². The predicted octanol–water partition coefficient (Wildman–Crippen LogP) is 7.55. The fourth-order valence-electron chi connectivity index (χ4n) is 7.22. The number of aromatic nitrogens is 3. The summed E-state index contributed by atoms with van der Waals surface area (Å²) in [5.74, 6) is 0.149. The van der Waals surface area contributed by atoms with Gasteiger partial charge in [0.2, 0.25) is 11.8 Å². The smallest absolute Gasteiger partial charge is 0.433 e. The van der Waals surface area contributed by atoms with Crippen molar-refractivity contribution in [1.29, 1.82) is 0 Å². The number of nitrogens with zero attached hydrogens (tertiary/aromatic N) is 4. The first-order valence-electron chi connectivity index (χ1n) is 18.8. The molecule has 3 amide bonds. The highest BCUT2D eigenvalue weighted by molar-refractivity contribution is 6.06. The Morgan fingerprint density at radius 2 is 1.65 bits per heavy atom. The van der Waals surface area contributed by atoms with Crippen LogP contribution in [0, 0.1) is 0 Å². The van der Waals surface area contributed by atoms with E-state index in [0.717, 1.165) is 43.4 Å². The number of pyridine rings is 2. The molecule has 3 N–H and O–H groups in total. The maximum Gasteiger partial charge on any atom is 0.433 e. The first kappa shape index (κ1) is 38.7. The summed E-state index contributed by atoms with van der Waals surface area (Å²) in [7, 11) is 2.17. The van der Waals surface area contributed by atoms with Gasteiger partial charge in [0.15, 0.2) is 0 Å². The molecule has 5 heterocycles. The lowest BCUT2D eigenvalue weighted by molar-refractivity contribution is -0.141. The Hall–Kier alpha value is -4.98. The number of anilines is 2. The van der Waals surface area contributed by atoms with Crippen molar-refractivity contribution < 1.29 is 32.3 Å². The van der Waals surface area contributed by atoms with E-state index < -0.39 is 17.8 Å². The van der Waals surface area contributed by atoms with E-state index in [2.05, 4.69) is 45.0 Å². The van der Waals surface area contributed by atoms with Crippen molar-refractivity contribution in [1.82, 2.24) is 24.6 Å². The van der Waals surface area contributed by atoms with Crippen LogP contribution in [0.1, 0.15) is 111 Å². The molecule has 1 aromatic carbocycles. The van der Waals surface area contributed by atoms with E-state index in [-0.39, 0.29) is 35.3 Å².